The van der Waals surface area contributed by atoms with Gasteiger partial charge in [-0.25, -0.2) is 0 Å². The standard InChI is InChI=1S/C16H17N/c1-14(16-10-6-3-7-11-16)17-13-12-15-8-4-2-5-9-15/h2-11H,12-13H2,1H3. The first-order valence-corrected chi connectivity index (χ1v) is 5.96. The lowest BCUT2D eigenvalue weighted by Gasteiger charge is -2.01. The highest BCUT2D eigenvalue weighted by Gasteiger charge is 1.95. The van der Waals surface area contributed by atoms with Crippen LogP contribution in [0.3, 0.4) is 0 Å². The van der Waals surface area contributed by atoms with Crippen LogP contribution < -0.4 is 0 Å². The van der Waals surface area contributed by atoms with E-state index in [-0.39, 0.29) is 0 Å². The normalized spacial score (nSPS) is 11.5. The van der Waals surface area contributed by atoms with Crippen LogP contribution in [0.1, 0.15) is 18.1 Å². The van der Waals surface area contributed by atoms with Gasteiger partial charge in [0.05, 0.1) is 0 Å². The quantitative estimate of drug-likeness (QED) is 0.700. The maximum absolute atomic E-state index is 4.61. The molecule has 86 valence electrons. The van der Waals surface area contributed by atoms with Crippen molar-refractivity contribution in [3.63, 3.8) is 0 Å². The van der Waals surface area contributed by atoms with Gasteiger partial charge in [0.2, 0.25) is 0 Å². The molecule has 0 fully saturated rings. The molecule has 0 radical (unpaired) electrons. The number of hydrogen-bond acceptors (Lipinski definition) is 1. The van der Waals surface area contributed by atoms with Gasteiger partial charge < -0.3 is 0 Å². The van der Waals surface area contributed by atoms with Crippen molar-refractivity contribution in [1.29, 1.82) is 0 Å². The van der Waals surface area contributed by atoms with E-state index in [1.807, 2.05) is 24.3 Å². The molecule has 0 aliphatic carbocycles. The van der Waals surface area contributed by atoms with Crippen LogP contribution in [-0.4, -0.2) is 12.3 Å². The summed E-state index contributed by atoms with van der Waals surface area (Å²) in [6.07, 6.45) is 1.00. The summed E-state index contributed by atoms with van der Waals surface area (Å²) in [7, 11) is 0. The fraction of sp³-hybridized carbons (Fsp3) is 0.188. The summed E-state index contributed by atoms with van der Waals surface area (Å²) < 4.78 is 0. The Morgan fingerprint density at radius 3 is 2.12 bits per heavy atom. The van der Waals surface area contributed by atoms with Crippen LogP contribution in [0.25, 0.3) is 0 Å². The molecule has 0 heterocycles. The predicted molar refractivity (Wildman–Crippen MR) is 73.7 cm³/mol. The third-order valence-corrected chi connectivity index (χ3v) is 2.78. The second kappa shape index (κ2) is 6.00. The monoisotopic (exact) mass is 223 g/mol. The molecular formula is C16H17N. The molecule has 1 nitrogen and oxygen atoms in total. The van der Waals surface area contributed by atoms with E-state index >= 15 is 0 Å². The van der Waals surface area contributed by atoms with Crippen molar-refractivity contribution in [2.24, 2.45) is 4.99 Å². The lowest BCUT2D eigenvalue weighted by molar-refractivity contribution is 0.967. The van der Waals surface area contributed by atoms with Crippen molar-refractivity contribution in [3.05, 3.63) is 71.8 Å². The highest BCUT2D eigenvalue weighted by molar-refractivity contribution is 5.98. The molecule has 0 bridgehead atoms. The molecule has 2 aromatic rings. The predicted octanol–water partition coefficient (Wildman–Crippen LogP) is 3.74. The van der Waals surface area contributed by atoms with Gasteiger partial charge in [0, 0.05) is 12.3 Å². The second-order valence-electron chi connectivity index (χ2n) is 4.07. The van der Waals surface area contributed by atoms with Crippen LogP contribution in [0, 0.1) is 0 Å². The first-order valence-electron chi connectivity index (χ1n) is 5.96. The van der Waals surface area contributed by atoms with Gasteiger partial charge in [0.25, 0.3) is 0 Å². The first kappa shape index (κ1) is 11.6. The van der Waals surface area contributed by atoms with Crippen molar-refractivity contribution in [1.82, 2.24) is 0 Å². The summed E-state index contributed by atoms with van der Waals surface area (Å²) in [4.78, 5) is 4.61. The summed E-state index contributed by atoms with van der Waals surface area (Å²) in [6, 6.07) is 20.8. The van der Waals surface area contributed by atoms with E-state index in [0.29, 0.717) is 0 Å². The number of hydrogen-bond donors (Lipinski definition) is 0. The molecule has 0 aliphatic rings. The van der Waals surface area contributed by atoms with E-state index in [1.165, 1.54) is 11.1 Å². The Kier molecular flexibility index (Phi) is 4.09. The fourth-order valence-electron chi connectivity index (χ4n) is 1.77. The molecule has 2 rings (SSSR count). The Morgan fingerprint density at radius 1 is 0.882 bits per heavy atom. The van der Waals surface area contributed by atoms with Gasteiger partial charge in [0.15, 0.2) is 0 Å². The summed E-state index contributed by atoms with van der Waals surface area (Å²) >= 11 is 0. The highest BCUT2D eigenvalue weighted by atomic mass is 14.7. The van der Waals surface area contributed by atoms with Gasteiger partial charge >= 0.3 is 0 Å². The molecule has 1 heteroatoms. The molecule has 0 aliphatic heterocycles. The Morgan fingerprint density at radius 2 is 1.47 bits per heavy atom. The van der Waals surface area contributed by atoms with E-state index in [1.54, 1.807) is 0 Å². The van der Waals surface area contributed by atoms with E-state index in [4.69, 9.17) is 0 Å². The molecule has 0 saturated carbocycles. The molecule has 0 spiro atoms. The molecule has 0 unspecified atom stereocenters. The summed E-state index contributed by atoms with van der Waals surface area (Å²) in [6.45, 7) is 2.92. The fourth-order valence-corrected chi connectivity index (χ4v) is 1.77. The van der Waals surface area contributed by atoms with Crippen LogP contribution in [-0.2, 0) is 6.42 Å². The van der Waals surface area contributed by atoms with Crippen LogP contribution in [0.15, 0.2) is 65.7 Å². The molecule has 0 saturated heterocycles. The molecule has 0 amide bonds. The average molecular weight is 223 g/mol. The SMILES string of the molecule is CC(=NCCc1ccccc1)c1ccccc1. The Hall–Kier alpha value is -1.89. The average Bonchev–Trinajstić information content (AvgIpc) is 2.41. The van der Waals surface area contributed by atoms with E-state index < -0.39 is 0 Å². The van der Waals surface area contributed by atoms with Crippen molar-refractivity contribution in [2.75, 3.05) is 6.54 Å². The number of benzene rings is 2. The van der Waals surface area contributed by atoms with Crippen LogP contribution in [0.5, 0.6) is 0 Å². The number of nitrogens with zero attached hydrogens (tertiary/aromatic N) is 1. The van der Waals surface area contributed by atoms with Crippen molar-refractivity contribution < 1.29 is 0 Å². The van der Waals surface area contributed by atoms with Gasteiger partial charge in [0.1, 0.15) is 0 Å². The summed E-state index contributed by atoms with van der Waals surface area (Å²) in [5.74, 6) is 0. The molecule has 2 aromatic carbocycles. The van der Waals surface area contributed by atoms with Crippen LogP contribution >= 0.6 is 0 Å². The minimum atomic E-state index is 0.852. The maximum atomic E-state index is 4.61. The van der Waals surface area contributed by atoms with Crippen molar-refractivity contribution >= 4 is 5.71 Å². The zero-order valence-electron chi connectivity index (χ0n) is 10.1. The first-order chi connectivity index (χ1) is 8.36. The number of rotatable bonds is 4. The van der Waals surface area contributed by atoms with E-state index in [2.05, 4.69) is 48.3 Å². The second-order valence-corrected chi connectivity index (χ2v) is 4.07. The van der Waals surface area contributed by atoms with E-state index in [9.17, 15) is 0 Å². The minimum Gasteiger partial charge on any atom is -0.289 e. The number of aliphatic imine (C=N–C) groups is 1. The highest BCUT2D eigenvalue weighted by Crippen LogP contribution is 2.03. The van der Waals surface area contributed by atoms with Crippen molar-refractivity contribution in [3.8, 4) is 0 Å². The summed E-state index contributed by atoms with van der Waals surface area (Å²) in [5, 5.41) is 0. The molecule has 0 atom stereocenters. The Bertz CT molecular complexity index is 471. The topological polar surface area (TPSA) is 12.4 Å². The zero-order chi connectivity index (χ0) is 11.9. The lowest BCUT2D eigenvalue weighted by atomic mass is 10.1. The third-order valence-electron chi connectivity index (χ3n) is 2.78. The minimum absolute atomic E-state index is 0.852. The largest absolute Gasteiger partial charge is 0.289 e. The molecule has 0 N–H and O–H groups in total. The van der Waals surface area contributed by atoms with Gasteiger partial charge in [-0.3, -0.25) is 4.99 Å². The van der Waals surface area contributed by atoms with E-state index in [0.717, 1.165) is 18.7 Å². The van der Waals surface area contributed by atoms with Gasteiger partial charge in [-0.05, 0) is 24.5 Å². The van der Waals surface area contributed by atoms with Gasteiger partial charge in [-0.1, -0.05) is 60.7 Å². The molecular weight excluding hydrogens is 206 g/mol. The molecule has 0 aromatic heterocycles. The zero-order valence-corrected chi connectivity index (χ0v) is 10.1. The third kappa shape index (κ3) is 3.56. The summed E-state index contributed by atoms with van der Waals surface area (Å²) in [5.41, 5.74) is 3.67. The van der Waals surface area contributed by atoms with Gasteiger partial charge in [-0.15, -0.1) is 0 Å². The van der Waals surface area contributed by atoms with Crippen molar-refractivity contribution in [2.45, 2.75) is 13.3 Å². The van der Waals surface area contributed by atoms with Crippen LogP contribution in [0.2, 0.25) is 0 Å². The Labute approximate surface area is 103 Å². The van der Waals surface area contributed by atoms with Crippen LogP contribution in [0.4, 0.5) is 0 Å². The molecule has 17 heavy (non-hydrogen) atoms. The lowest BCUT2D eigenvalue weighted by Crippen LogP contribution is -1.97. The Balaban J connectivity index is 1.93. The van der Waals surface area contributed by atoms with Gasteiger partial charge in [-0.2, -0.15) is 0 Å². The maximum Gasteiger partial charge on any atom is 0.0433 e. The smallest absolute Gasteiger partial charge is 0.0433 e.